The van der Waals surface area contributed by atoms with Crippen LogP contribution >= 0.6 is 0 Å². The van der Waals surface area contributed by atoms with Crippen molar-refractivity contribution in [1.29, 1.82) is 0 Å². The van der Waals surface area contributed by atoms with Crippen LogP contribution in [0, 0.1) is 6.92 Å². The first-order valence-corrected chi connectivity index (χ1v) is 9.07. The Bertz CT molecular complexity index is 1000. The van der Waals surface area contributed by atoms with Crippen LogP contribution < -0.4 is 5.32 Å². The second-order valence-electron chi connectivity index (χ2n) is 6.85. The molecule has 9 nitrogen and oxygen atoms in total. The van der Waals surface area contributed by atoms with E-state index in [0.717, 1.165) is 0 Å². The Labute approximate surface area is 167 Å². The minimum absolute atomic E-state index is 0.0478. The molecule has 3 heterocycles. The quantitative estimate of drug-likeness (QED) is 0.596. The highest BCUT2D eigenvalue weighted by molar-refractivity contribution is 6.14. The molecule has 152 valence electrons. The van der Waals surface area contributed by atoms with Gasteiger partial charge < -0.3 is 14.1 Å². The van der Waals surface area contributed by atoms with Gasteiger partial charge in [-0.05, 0) is 39.8 Å². The molecule has 29 heavy (non-hydrogen) atoms. The van der Waals surface area contributed by atoms with Gasteiger partial charge in [-0.15, -0.1) is 0 Å². The molecule has 0 saturated heterocycles. The fourth-order valence-electron chi connectivity index (χ4n) is 3.37. The summed E-state index contributed by atoms with van der Waals surface area (Å²) in [6.45, 7) is 6.11. The summed E-state index contributed by atoms with van der Waals surface area (Å²) in [7, 11) is 0. The number of carbonyl (C=O) groups is 4. The Hall–Kier alpha value is -3.49. The van der Waals surface area contributed by atoms with Gasteiger partial charge in [-0.2, -0.15) is 4.99 Å². The first-order chi connectivity index (χ1) is 13.7. The van der Waals surface area contributed by atoms with Crippen molar-refractivity contribution >= 4 is 35.3 Å². The van der Waals surface area contributed by atoms with Gasteiger partial charge in [-0.3, -0.25) is 19.7 Å². The lowest BCUT2D eigenvalue weighted by Gasteiger charge is -2.41. The van der Waals surface area contributed by atoms with Gasteiger partial charge in [-0.25, -0.2) is 4.79 Å². The maximum absolute atomic E-state index is 13.2. The van der Waals surface area contributed by atoms with Crippen molar-refractivity contribution in [2.45, 2.75) is 39.7 Å². The molecule has 0 radical (unpaired) electrons. The topological polar surface area (TPSA) is 118 Å². The number of ether oxygens (including phenoxy) is 1. The Morgan fingerprint density at radius 1 is 1.31 bits per heavy atom. The number of rotatable bonds is 5. The smallest absolute Gasteiger partial charge is 0.344 e. The zero-order valence-corrected chi connectivity index (χ0v) is 16.6. The lowest BCUT2D eigenvalue weighted by Crippen LogP contribution is -2.58. The molecule has 0 bridgehead atoms. The van der Waals surface area contributed by atoms with Crippen molar-refractivity contribution in [2.24, 2.45) is 4.99 Å². The summed E-state index contributed by atoms with van der Waals surface area (Å²) in [4.78, 5) is 55.3. The minimum atomic E-state index is -1.31. The van der Waals surface area contributed by atoms with Crippen LogP contribution in [0.4, 0.5) is 5.88 Å². The highest BCUT2D eigenvalue weighted by Crippen LogP contribution is 2.33. The Morgan fingerprint density at radius 3 is 2.69 bits per heavy atom. The van der Waals surface area contributed by atoms with Gasteiger partial charge in [0.15, 0.2) is 5.78 Å². The van der Waals surface area contributed by atoms with Crippen LogP contribution in [0.5, 0.6) is 0 Å². The lowest BCUT2D eigenvalue weighted by molar-refractivity contribution is -0.130. The molecule has 2 aliphatic heterocycles. The summed E-state index contributed by atoms with van der Waals surface area (Å²) in [6.07, 6.45) is 6.52. The maximum Gasteiger partial charge on any atom is 0.344 e. The molecule has 1 N–H and O–H groups in total. The third-order valence-corrected chi connectivity index (χ3v) is 4.74. The molecule has 1 unspecified atom stereocenters. The number of carbonyl (C=O) groups excluding carboxylic acids is 4. The van der Waals surface area contributed by atoms with Gasteiger partial charge in [0.05, 0.1) is 18.6 Å². The summed E-state index contributed by atoms with van der Waals surface area (Å²) in [5, 5.41) is 2.56. The normalized spacial score (nSPS) is 20.2. The number of furan rings is 1. The number of fused-ring (bicyclic) bond motifs is 1. The monoisotopic (exact) mass is 399 g/mol. The largest absolute Gasteiger partial charge is 0.462 e. The number of nitrogens with zero attached hydrogens (tertiary/aromatic N) is 2. The van der Waals surface area contributed by atoms with Gasteiger partial charge >= 0.3 is 5.97 Å². The third kappa shape index (κ3) is 3.51. The fraction of sp³-hybridized carbons (Fsp3) is 0.350. The van der Waals surface area contributed by atoms with Crippen molar-refractivity contribution in [2.75, 3.05) is 11.9 Å². The molecule has 2 aliphatic rings. The van der Waals surface area contributed by atoms with E-state index >= 15 is 0 Å². The number of nitrogens with one attached hydrogen (secondary N) is 1. The van der Waals surface area contributed by atoms with Crippen molar-refractivity contribution in [3.63, 3.8) is 0 Å². The number of amides is 2. The number of ketones is 1. The number of aliphatic imine (C=N–C) groups is 1. The molecule has 0 saturated carbocycles. The molecular formula is C20H21N3O6. The molecule has 0 aliphatic carbocycles. The number of Topliss-reactive ketones (excluding diaryl/α,β-unsaturated/α-hetero) is 1. The number of amidine groups is 1. The summed E-state index contributed by atoms with van der Waals surface area (Å²) in [6, 6.07) is 0. The molecular weight excluding hydrogens is 378 g/mol. The van der Waals surface area contributed by atoms with Crippen molar-refractivity contribution in [1.82, 2.24) is 4.90 Å². The van der Waals surface area contributed by atoms with Crippen LogP contribution in [0.25, 0.3) is 0 Å². The lowest BCUT2D eigenvalue weighted by atomic mass is 9.91. The maximum atomic E-state index is 13.2. The average Bonchev–Trinajstić information content (AvgIpc) is 2.97. The van der Waals surface area contributed by atoms with E-state index in [0.29, 0.717) is 5.84 Å². The second-order valence-corrected chi connectivity index (χ2v) is 6.85. The van der Waals surface area contributed by atoms with E-state index in [-0.39, 0.29) is 35.8 Å². The molecule has 1 atom stereocenters. The Kier molecular flexibility index (Phi) is 5.23. The summed E-state index contributed by atoms with van der Waals surface area (Å²) < 4.78 is 10.5. The highest BCUT2D eigenvalue weighted by Gasteiger charge is 2.46. The van der Waals surface area contributed by atoms with E-state index in [1.807, 2.05) is 0 Å². The summed E-state index contributed by atoms with van der Waals surface area (Å²) >= 11 is 0. The second kappa shape index (κ2) is 7.50. The molecule has 3 rings (SSSR count). The average molecular weight is 399 g/mol. The van der Waals surface area contributed by atoms with Crippen LogP contribution in [0.2, 0.25) is 0 Å². The SMILES string of the molecule is CCOC(=O)c1c(NC(=O)C2(C)CC(=O)N=C3C=CC=CN32)oc(C)c1C(C)=O. The number of anilines is 1. The first kappa shape index (κ1) is 20.2. The van der Waals surface area contributed by atoms with Gasteiger partial charge in [0.1, 0.15) is 22.7 Å². The van der Waals surface area contributed by atoms with Crippen LogP contribution in [-0.4, -0.2) is 46.4 Å². The summed E-state index contributed by atoms with van der Waals surface area (Å²) in [5.74, 6) is -1.88. The van der Waals surface area contributed by atoms with Crippen molar-refractivity contribution < 1.29 is 28.3 Å². The van der Waals surface area contributed by atoms with E-state index in [2.05, 4.69) is 10.3 Å². The molecule has 1 aromatic rings. The minimum Gasteiger partial charge on any atom is -0.462 e. The predicted octanol–water partition coefficient (Wildman–Crippen LogP) is 2.38. The number of aryl methyl sites for hydroxylation is 1. The van der Waals surface area contributed by atoms with E-state index in [1.54, 1.807) is 43.2 Å². The molecule has 0 fully saturated rings. The Morgan fingerprint density at radius 2 is 2.03 bits per heavy atom. The molecule has 9 heteroatoms. The van der Waals surface area contributed by atoms with Crippen LogP contribution in [0.15, 0.2) is 33.8 Å². The molecule has 2 amide bonds. The summed E-state index contributed by atoms with van der Waals surface area (Å²) in [5.41, 5.74) is -1.40. The van der Waals surface area contributed by atoms with Gasteiger partial charge in [0.2, 0.25) is 5.88 Å². The molecule has 1 aromatic heterocycles. The molecule has 0 spiro atoms. The van der Waals surface area contributed by atoms with Gasteiger partial charge in [0, 0.05) is 6.20 Å². The van der Waals surface area contributed by atoms with E-state index in [4.69, 9.17) is 9.15 Å². The number of hydrogen-bond acceptors (Lipinski definition) is 7. The highest BCUT2D eigenvalue weighted by atomic mass is 16.5. The van der Waals surface area contributed by atoms with Crippen LogP contribution in [0.1, 0.15) is 53.7 Å². The van der Waals surface area contributed by atoms with E-state index in [9.17, 15) is 19.2 Å². The number of hydrogen-bond donors (Lipinski definition) is 1. The predicted molar refractivity (Wildman–Crippen MR) is 104 cm³/mol. The fourth-order valence-corrected chi connectivity index (χ4v) is 3.37. The van der Waals surface area contributed by atoms with Gasteiger partial charge in [0.25, 0.3) is 11.8 Å². The first-order valence-electron chi connectivity index (χ1n) is 9.07. The van der Waals surface area contributed by atoms with Crippen molar-refractivity contribution in [3.8, 4) is 0 Å². The van der Waals surface area contributed by atoms with E-state index < -0.39 is 29.1 Å². The van der Waals surface area contributed by atoms with Crippen LogP contribution in [-0.2, 0) is 14.3 Å². The number of allylic oxidation sites excluding steroid dienone is 2. The standard InChI is InChI=1S/C20H21N3O6/c1-5-28-18(26)16-15(11(2)24)12(3)29-17(16)22-19(27)20(4)10-14(25)21-13-8-6-7-9-23(13)20/h6-9H,5,10H2,1-4H3,(H,22,27). The Balaban J connectivity index is 2.00. The van der Waals surface area contributed by atoms with Crippen molar-refractivity contribution in [3.05, 3.63) is 41.3 Å². The van der Waals surface area contributed by atoms with Crippen LogP contribution in [0.3, 0.4) is 0 Å². The molecule has 0 aromatic carbocycles. The van der Waals surface area contributed by atoms with Gasteiger partial charge in [-0.1, -0.05) is 6.08 Å². The zero-order chi connectivity index (χ0) is 21.3. The zero-order valence-electron chi connectivity index (χ0n) is 16.6. The van der Waals surface area contributed by atoms with E-state index in [1.165, 1.54) is 13.8 Å². The number of esters is 1. The third-order valence-electron chi connectivity index (χ3n) is 4.74.